The van der Waals surface area contributed by atoms with E-state index < -0.39 is 5.97 Å². The van der Waals surface area contributed by atoms with Crippen molar-refractivity contribution in [2.24, 2.45) is 0 Å². The van der Waals surface area contributed by atoms with E-state index in [1.165, 1.54) is 0 Å². The number of rotatable bonds is 9. The molecule has 1 aromatic heterocycles. The van der Waals surface area contributed by atoms with E-state index >= 15 is 0 Å². The van der Waals surface area contributed by atoms with Crippen molar-refractivity contribution in [2.45, 2.75) is 51.0 Å². The minimum absolute atomic E-state index is 0.0839. The number of carboxylic acids is 1. The SMILES string of the molecule is O=C(O)CCCCCCNC(=O)c1cc(Cl)cn1C1CC1. The maximum absolute atomic E-state index is 12.1. The van der Waals surface area contributed by atoms with Gasteiger partial charge < -0.3 is 15.0 Å². The fourth-order valence-corrected chi connectivity index (χ4v) is 2.54. The summed E-state index contributed by atoms with van der Waals surface area (Å²) in [5.74, 6) is -0.833. The Labute approximate surface area is 129 Å². The molecule has 1 aromatic rings. The molecule has 0 aromatic carbocycles. The maximum Gasteiger partial charge on any atom is 0.303 e. The average molecular weight is 313 g/mol. The highest BCUT2D eigenvalue weighted by Crippen LogP contribution is 2.37. The topological polar surface area (TPSA) is 71.3 Å². The van der Waals surface area contributed by atoms with Gasteiger partial charge in [0.2, 0.25) is 0 Å². The van der Waals surface area contributed by atoms with Gasteiger partial charge in [-0.1, -0.05) is 24.4 Å². The Morgan fingerprint density at radius 3 is 2.67 bits per heavy atom. The van der Waals surface area contributed by atoms with Crippen molar-refractivity contribution in [3.05, 3.63) is 23.0 Å². The van der Waals surface area contributed by atoms with Gasteiger partial charge in [0.1, 0.15) is 5.69 Å². The number of aromatic nitrogens is 1. The lowest BCUT2D eigenvalue weighted by Gasteiger charge is -2.08. The van der Waals surface area contributed by atoms with Crippen LogP contribution in [0.2, 0.25) is 5.02 Å². The van der Waals surface area contributed by atoms with Crippen LogP contribution < -0.4 is 5.32 Å². The van der Waals surface area contributed by atoms with E-state index in [-0.39, 0.29) is 12.3 Å². The molecule has 1 amide bonds. The van der Waals surface area contributed by atoms with Crippen molar-refractivity contribution in [3.63, 3.8) is 0 Å². The highest BCUT2D eigenvalue weighted by atomic mass is 35.5. The molecule has 0 radical (unpaired) electrons. The lowest BCUT2D eigenvalue weighted by molar-refractivity contribution is -0.137. The second-order valence-electron chi connectivity index (χ2n) is 5.50. The molecule has 21 heavy (non-hydrogen) atoms. The number of carbonyl (C=O) groups excluding carboxylic acids is 1. The fraction of sp³-hybridized carbons (Fsp3) is 0.600. The van der Waals surface area contributed by atoms with Crippen molar-refractivity contribution >= 4 is 23.5 Å². The summed E-state index contributed by atoms with van der Waals surface area (Å²) in [5, 5.41) is 12.0. The van der Waals surface area contributed by atoms with Gasteiger partial charge in [0.05, 0.1) is 5.02 Å². The Morgan fingerprint density at radius 2 is 2.00 bits per heavy atom. The fourth-order valence-electron chi connectivity index (χ4n) is 2.33. The highest BCUT2D eigenvalue weighted by molar-refractivity contribution is 6.31. The van der Waals surface area contributed by atoms with Crippen LogP contribution >= 0.6 is 11.6 Å². The van der Waals surface area contributed by atoms with E-state index in [0.717, 1.165) is 32.1 Å². The van der Waals surface area contributed by atoms with E-state index in [9.17, 15) is 9.59 Å². The van der Waals surface area contributed by atoms with Gasteiger partial charge in [-0.25, -0.2) is 0 Å². The quantitative estimate of drug-likeness (QED) is 0.688. The number of hydrogen-bond donors (Lipinski definition) is 2. The molecule has 1 saturated carbocycles. The zero-order chi connectivity index (χ0) is 15.2. The molecule has 1 fully saturated rings. The van der Waals surface area contributed by atoms with Crippen LogP contribution in [0.25, 0.3) is 0 Å². The third-order valence-corrected chi connectivity index (χ3v) is 3.80. The minimum Gasteiger partial charge on any atom is -0.481 e. The molecule has 0 spiro atoms. The molecule has 0 saturated heterocycles. The van der Waals surface area contributed by atoms with Crippen molar-refractivity contribution in [1.29, 1.82) is 0 Å². The van der Waals surface area contributed by atoms with Crippen LogP contribution in [0, 0.1) is 0 Å². The predicted octanol–water partition coefficient (Wildman–Crippen LogP) is 3.24. The first kappa shape index (κ1) is 15.9. The van der Waals surface area contributed by atoms with E-state index in [1.807, 2.05) is 10.8 Å². The Kier molecular flexibility index (Phi) is 5.67. The molecule has 1 aliphatic rings. The van der Waals surface area contributed by atoms with E-state index in [2.05, 4.69) is 5.32 Å². The molecule has 5 nitrogen and oxygen atoms in total. The molecule has 2 rings (SSSR count). The smallest absolute Gasteiger partial charge is 0.303 e. The normalized spacial score (nSPS) is 14.1. The summed E-state index contributed by atoms with van der Waals surface area (Å²) in [6, 6.07) is 2.14. The van der Waals surface area contributed by atoms with Crippen LogP contribution in [-0.2, 0) is 4.79 Å². The zero-order valence-electron chi connectivity index (χ0n) is 12.0. The van der Waals surface area contributed by atoms with Gasteiger partial charge in [-0.15, -0.1) is 0 Å². The number of carbonyl (C=O) groups is 2. The van der Waals surface area contributed by atoms with Gasteiger partial charge >= 0.3 is 5.97 Å². The summed E-state index contributed by atoms with van der Waals surface area (Å²) in [6.07, 6.45) is 7.63. The lowest BCUT2D eigenvalue weighted by atomic mass is 10.1. The summed E-state index contributed by atoms with van der Waals surface area (Å²) in [5.41, 5.74) is 0.633. The summed E-state index contributed by atoms with van der Waals surface area (Å²) in [7, 11) is 0. The Bertz CT molecular complexity index is 509. The molecule has 116 valence electrons. The predicted molar refractivity (Wildman–Crippen MR) is 80.8 cm³/mol. The number of carboxylic acid groups (broad SMARTS) is 1. The van der Waals surface area contributed by atoms with Crippen molar-refractivity contribution in [3.8, 4) is 0 Å². The highest BCUT2D eigenvalue weighted by Gasteiger charge is 2.27. The first-order chi connectivity index (χ1) is 10.1. The molecule has 0 aliphatic heterocycles. The van der Waals surface area contributed by atoms with Crippen molar-refractivity contribution < 1.29 is 14.7 Å². The summed E-state index contributed by atoms with van der Waals surface area (Å²) >= 11 is 5.98. The molecule has 0 bridgehead atoms. The molecule has 0 unspecified atom stereocenters. The Morgan fingerprint density at radius 1 is 1.29 bits per heavy atom. The third-order valence-electron chi connectivity index (χ3n) is 3.59. The number of amides is 1. The first-order valence-electron chi connectivity index (χ1n) is 7.45. The minimum atomic E-state index is -0.749. The number of nitrogens with one attached hydrogen (secondary N) is 1. The third kappa shape index (κ3) is 5.08. The van der Waals surface area contributed by atoms with Gasteiger partial charge in [-0.2, -0.15) is 0 Å². The van der Waals surface area contributed by atoms with Crippen LogP contribution in [-0.4, -0.2) is 28.1 Å². The van der Waals surface area contributed by atoms with Gasteiger partial charge in [0, 0.05) is 25.2 Å². The van der Waals surface area contributed by atoms with Crippen LogP contribution in [0.3, 0.4) is 0 Å². The van der Waals surface area contributed by atoms with E-state index in [1.54, 1.807) is 6.07 Å². The number of unbranched alkanes of at least 4 members (excludes halogenated alkanes) is 3. The number of halogens is 1. The number of nitrogens with zero attached hydrogens (tertiary/aromatic N) is 1. The molecular weight excluding hydrogens is 292 g/mol. The monoisotopic (exact) mass is 312 g/mol. The molecule has 1 heterocycles. The van der Waals surface area contributed by atoms with E-state index in [4.69, 9.17) is 16.7 Å². The summed E-state index contributed by atoms with van der Waals surface area (Å²) in [4.78, 5) is 22.5. The maximum atomic E-state index is 12.1. The second kappa shape index (κ2) is 7.50. The Hall–Kier alpha value is -1.49. The van der Waals surface area contributed by atoms with Gasteiger partial charge in [0.25, 0.3) is 5.91 Å². The zero-order valence-corrected chi connectivity index (χ0v) is 12.7. The summed E-state index contributed by atoms with van der Waals surface area (Å²) in [6.45, 7) is 0.610. The van der Waals surface area contributed by atoms with Crippen LogP contribution in [0.4, 0.5) is 0 Å². The molecule has 0 atom stereocenters. The second-order valence-corrected chi connectivity index (χ2v) is 5.93. The van der Waals surface area contributed by atoms with E-state index in [0.29, 0.717) is 29.7 Å². The Balaban J connectivity index is 1.67. The van der Waals surface area contributed by atoms with Crippen LogP contribution in [0.5, 0.6) is 0 Å². The average Bonchev–Trinajstić information content (AvgIpc) is 3.20. The van der Waals surface area contributed by atoms with Gasteiger partial charge in [0.15, 0.2) is 0 Å². The number of aliphatic carboxylic acids is 1. The molecule has 2 N–H and O–H groups in total. The summed E-state index contributed by atoms with van der Waals surface area (Å²) < 4.78 is 1.96. The van der Waals surface area contributed by atoms with Crippen molar-refractivity contribution in [2.75, 3.05) is 6.54 Å². The lowest BCUT2D eigenvalue weighted by Crippen LogP contribution is -2.26. The molecular formula is C15H21ClN2O3. The van der Waals surface area contributed by atoms with Crippen molar-refractivity contribution in [1.82, 2.24) is 9.88 Å². The first-order valence-corrected chi connectivity index (χ1v) is 7.83. The van der Waals surface area contributed by atoms with Crippen LogP contribution in [0.1, 0.15) is 61.5 Å². The number of hydrogen-bond acceptors (Lipinski definition) is 2. The molecule has 1 aliphatic carbocycles. The molecule has 6 heteroatoms. The standard InChI is InChI=1S/C15H21ClN2O3/c16-11-9-13(18(10-11)12-6-7-12)15(21)17-8-4-2-1-3-5-14(19)20/h9-10,12H,1-8H2,(H,17,21)(H,19,20). The van der Waals surface area contributed by atoms with Crippen LogP contribution in [0.15, 0.2) is 12.3 Å². The van der Waals surface area contributed by atoms with Gasteiger partial charge in [-0.05, 0) is 31.7 Å². The van der Waals surface area contributed by atoms with Gasteiger partial charge in [-0.3, -0.25) is 9.59 Å². The largest absolute Gasteiger partial charge is 0.481 e.